The van der Waals surface area contributed by atoms with E-state index in [-0.39, 0.29) is 11.7 Å². The summed E-state index contributed by atoms with van der Waals surface area (Å²) in [4.78, 5) is 9.16. The molecule has 0 saturated heterocycles. The van der Waals surface area contributed by atoms with Crippen LogP contribution in [0, 0.1) is 12.3 Å². The van der Waals surface area contributed by atoms with Crippen molar-refractivity contribution in [2.75, 3.05) is 0 Å². The van der Waals surface area contributed by atoms with Gasteiger partial charge in [0.2, 0.25) is 0 Å². The quantitative estimate of drug-likeness (QED) is 0.179. The molecule has 0 aliphatic heterocycles. The molecule has 0 bridgehead atoms. The van der Waals surface area contributed by atoms with Gasteiger partial charge in [-0.05, 0) is 42.0 Å². The first-order chi connectivity index (χ1) is 20.1. The summed E-state index contributed by atoms with van der Waals surface area (Å²) in [7, 11) is 0. The zero-order chi connectivity index (χ0) is 28.2. The Balaban J connectivity index is 0.000000380. The zero-order valence-corrected chi connectivity index (χ0v) is 22.7. The molecule has 41 heavy (non-hydrogen) atoms. The molecule has 5 nitrogen and oxygen atoms in total. The van der Waals surface area contributed by atoms with Gasteiger partial charge in [0.05, 0.1) is 11.0 Å². The van der Waals surface area contributed by atoms with E-state index in [1.165, 1.54) is 27.1 Å². The van der Waals surface area contributed by atoms with Crippen molar-refractivity contribution in [2.24, 2.45) is 10.7 Å². The first-order valence-corrected chi connectivity index (χ1v) is 13.5. The van der Waals surface area contributed by atoms with Crippen molar-refractivity contribution >= 4 is 44.2 Å². The molecule has 0 saturated carbocycles. The van der Waals surface area contributed by atoms with Crippen molar-refractivity contribution in [1.29, 1.82) is 5.41 Å². The largest absolute Gasteiger partial charge is 0.382 e. The van der Waals surface area contributed by atoms with Gasteiger partial charge in [0.25, 0.3) is 0 Å². The van der Waals surface area contributed by atoms with E-state index in [0.29, 0.717) is 11.3 Å². The highest BCUT2D eigenvalue weighted by atomic mass is 15.1. The first kappa shape index (κ1) is 25.7. The molecule has 2 heterocycles. The molecule has 3 N–H and O–H groups in total. The maximum absolute atomic E-state index is 8.29. The average molecular weight is 532 g/mol. The molecule has 0 unspecified atom stereocenters. The number of nitrogens with one attached hydrogen (secondary N) is 1. The highest BCUT2D eigenvalue weighted by Crippen LogP contribution is 2.36. The SMILES string of the molecule is Cc1ccccc1.N=C(N=C(N)c1cccc(-n2c3ccccc3c3c4ccccc4ccc32)n1)c1ccccc1. The molecule has 0 radical (unpaired) electrons. The molecule has 2 aromatic heterocycles. The molecule has 7 aromatic rings. The van der Waals surface area contributed by atoms with E-state index in [1.807, 2.05) is 72.8 Å². The third-order valence-corrected chi connectivity index (χ3v) is 7.01. The summed E-state index contributed by atoms with van der Waals surface area (Å²) < 4.78 is 2.16. The number of hydrogen-bond acceptors (Lipinski definition) is 2. The smallest absolute Gasteiger partial charge is 0.154 e. The van der Waals surface area contributed by atoms with Gasteiger partial charge in [-0.15, -0.1) is 0 Å². The summed E-state index contributed by atoms with van der Waals surface area (Å²) in [6, 6.07) is 46.4. The van der Waals surface area contributed by atoms with Gasteiger partial charge in [0, 0.05) is 16.3 Å². The predicted molar refractivity (Wildman–Crippen MR) is 171 cm³/mol. The molecule has 198 valence electrons. The van der Waals surface area contributed by atoms with Crippen LogP contribution in [0.5, 0.6) is 0 Å². The number of benzene rings is 5. The topological polar surface area (TPSA) is 80.0 Å². The number of pyridine rings is 1. The molecule has 0 atom stereocenters. The first-order valence-electron chi connectivity index (χ1n) is 13.5. The summed E-state index contributed by atoms with van der Waals surface area (Å²) in [5.41, 5.74) is 11.0. The van der Waals surface area contributed by atoms with Crippen LogP contribution < -0.4 is 5.73 Å². The maximum atomic E-state index is 8.29. The van der Waals surface area contributed by atoms with Crippen LogP contribution in [-0.2, 0) is 0 Å². The van der Waals surface area contributed by atoms with E-state index in [2.05, 4.69) is 83.2 Å². The summed E-state index contributed by atoms with van der Waals surface area (Å²) in [5, 5.41) is 13.1. The minimum absolute atomic E-state index is 0.105. The van der Waals surface area contributed by atoms with Gasteiger partial charge in [-0.25, -0.2) is 9.98 Å². The van der Waals surface area contributed by atoms with Crippen molar-refractivity contribution in [3.8, 4) is 5.82 Å². The monoisotopic (exact) mass is 531 g/mol. The Morgan fingerprint density at radius 3 is 2.05 bits per heavy atom. The van der Waals surface area contributed by atoms with Gasteiger partial charge >= 0.3 is 0 Å². The van der Waals surface area contributed by atoms with E-state index in [9.17, 15) is 0 Å². The van der Waals surface area contributed by atoms with E-state index in [0.717, 1.165) is 16.9 Å². The lowest BCUT2D eigenvalue weighted by atomic mass is 10.0. The minimum atomic E-state index is 0.105. The molecular formula is C36H29N5. The number of aliphatic imine (C=N–C) groups is 1. The molecular weight excluding hydrogens is 502 g/mol. The number of aryl methyl sites for hydroxylation is 1. The van der Waals surface area contributed by atoms with Crippen molar-refractivity contribution < 1.29 is 0 Å². The lowest BCUT2D eigenvalue weighted by Gasteiger charge is -2.09. The van der Waals surface area contributed by atoms with Gasteiger partial charge in [-0.1, -0.05) is 121 Å². The molecule has 0 aliphatic rings. The third-order valence-electron chi connectivity index (χ3n) is 7.01. The number of nitrogens with zero attached hydrogens (tertiary/aromatic N) is 3. The van der Waals surface area contributed by atoms with Crippen LogP contribution >= 0.6 is 0 Å². The molecule has 5 aromatic carbocycles. The van der Waals surface area contributed by atoms with Crippen molar-refractivity contribution in [1.82, 2.24) is 9.55 Å². The van der Waals surface area contributed by atoms with Gasteiger partial charge in [-0.2, -0.15) is 0 Å². The lowest BCUT2D eigenvalue weighted by Crippen LogP contribution is -2.18. The zero-order valence-electron chi connectivity index (χ0n) is 22.7. The molecule has 0 amide bonds. The second-order valence-corrected chi connectivity index (χ2v) is 9.78. The number of fused-ring (bicyclic) bond motifs is 5. The third kappa shape index (κ3) is 5.21. The standard InChI is InChI=1S/C29H21N5.C7H8/c30-28(20-10-2-1-3-11-20)33-29(31)23-14-8-16-26(32-23)34-24-15-7-6-13-22(24)27-21-12-5-4-9-19(21)17-18-25(27)34;1-7-5-3-2-4-6-7/h1-18H,(H3,30,31,33);2-6H,1H3. The van der Waals surface area contributed by atoms with E-state index in [4.69, 9.17) is 16.1 Å². The van der Waals surface area contributed by atoms with Crippen molar-refractivity contribution in [2.45, 2.75) is 6.92 Å². The molecule has 5 heteroatoms. The number of amidine groups is 2. The Bertz CT molecular complexity index is 2020. The van der Waals surface area contributed by atoms with Crippen LogP contribution in [0.25, 0.3) is 38.4 Å². The summed E-state index contributed by atoms with van der Waals surface area (Å²) in [5.74, 6) is 1.07. The summed E-state index contributed by atoms with van der Waals surface area (Å²) in [6.07, 6.45) is 0. The maximum Gasteiger partial charge on any atom is 0.154 e. The fraction of sp³-hybridized carbons (Fsp3) is 0.0278. The van der Waals surface area contributed by atoms with Gasteiger partial charge < -0.3 is 5.73 Å². The molecule has 7 rings (SSSR count). The summed E-state index contributed by atoms with van der Waals surface area (Å²) >= 11 is 0. The Hall–Kier alpha value is -5.55. The Morgan fingerprint density at radius 2 is 1.32 bits per heavy atom. The van der Waals surface area contributed by atoms with E-state index in [1.54, 1.807) is 0 Å². The van der Waals surface area contributed by atoms with Crippen molar-refractivity contribution in [3.63, 3.8) is 0 Å². The normalized spacial score (nSPS) is 11.4. The number of rotatable bonds is 3. The van der Waals surface area contributed by atoms with Crippen LogP contribution in [0.2, 0.25) is 0 Å². The number of hydrogen-bond donors (Lipinski definition) is 2. The van der Waals surface area contributed by atoms with Gasteiger partial charge in [-0.3, -0.25) is 9.98 Å². The van der Waals surface area contributed by atoms with Crippen LogP contribution in [0.1, 0.15) is 16.8 Å². The van der Waals surface area contributed by atoms with Crippen LogP contribution in [0.3, 0.4) is 0 Å². The molecule has 0 spiro atoms. The summed E-state index contributed by atoms with van der Waals surface area (Å²) in [6.45, 7) is 2.08. The van der Waals surface area contributed by atoms with E-state index >= 15 is 0 Å². The number of para-hydroxylation sites is 1. The van der Waals surface area contributed by atoms with Gasteiger partial charge in [0.1, 0.15) is 11.5 Å². The molecule has 0 fully saturated rings. The second-order valence-electron chi connectivity index (χ2n) is 9.78. The van der Waals surface area contributed by atoms with Crippen molar-refractivity contribution in [3.05, 3.63) is 156 Å². The average Bonchev–Trinajstić information content (AvgIpc) is 3.37. The lowest BCUT2D eigenvalue weighted by molar-refractivity contribution is 1.07. The minimum Gasteiger partial charge on any atom is -0.382 e. The highest BCUT2D eigenvalue weighted by molar-refractivity contribution is 6.21. The Labute approximate surface area is 238 Å². The van der Waals surface area contributed by atoms with Crippen LogP contribution in [-0.4, -0.2) is 21.2 Å². The fourth-order valence-corrected chi connectivity index (χ4v) is 5.05. The Morgan fingerprint density at radius 1 is 0.659 bits per heavy atom. The highest BCUT2D eigenvalue weighted by Gasteiger charge is 2.16. The van der Waals surface area contributed by atoms with E-state index < -0.39 is 0 Å². The number of aromatic nitrogens is 2. The predicted octanol–water partition coefficient (Wildman–Crippen LogP) is 8.06. The second kappa shape index (κ2) is 11.3. The van der Waals surface area contributed by atoms with Crippen LogP contribution in [0.4, 0.5) is 0 Å². The number of nitrogens with two attached hydrogens (primary N) is 1. The molecule has 0 aliphatic carbocycles. The van der Waals surface area contributed by atoms with Gasteiger partial charge in [0.15, 0.2) is 11.7 Å². The Kier molecular flexibility index (Phi) is 7.08. The van der Waals surface area contributed by atoms with Crippen LogP contribution in [0.15, 0.2) is 145 Å². The fourth-order valence-electron chi connectivity index (χ4n) is 5.05.